The summed E-state index contributed by atoms with van der Waals surface area (Å²) in [5.74, 6) is 0.908. The molecule has 0 radical (unpaired) electrons. The summed E-state index contributed by atoms with van der Waals surface area (Å²) in [7, 11) is 0. The lowest BCUT2D eigenvalue weighted by molar-refractivity contribution is 0.852. The molecule has 3 heterocycles. The van der Waals surface area contributed by atoms with E-state index < -0.39 is 0 Å². The lowest BCUT2D eigenvalue weighted by Gasteiger charge is -2.16. The fraction of sp³-hybridized carbons (Fsp3) is 0.368. The predicted octanol–water partition coefficient (Wildman–Crippen LogP) is 2.97. The zero-order valence-corrected chi connectivity index (χ0v) is 13.9. The van der Waals surface area contributed by atoms with E-state index in [9.17, 15) is 5.26 Å². The minimum atomic E-state index is -0.291. The third-order valence-corrected chi connectivity index (χ3v) is 5.39. The number of fused-ring (bicyclic) bond motifs is 1. The highest BCUT2D eigenvalue weighted by molar-refractivity contribution is 5.81. The van der Waals surface area contributed by atoms with Crippen molar-refractivity contribution in [3.8, 4) is 11.8 Å². The van der Waals surface area contributed by atoms with Gasteiger partial charge in [-0.25, -0.2) is 4.68 Å². The SMILES string of the molecule is N#CC1(c2ccc3cnn(-c4cnnc(N5CCCC5)c4)c3c2)CC1. The Labute approximate surface area is 145 Å². The predicted molar refractivity (Wildman–Crippen MR) is 94.6 cm³/mol. The van der Waals surface area contributed by atoms with E-state index in [0.29, 0.717) is 0 Å². The van der Waals surface area contributed by atoms with Gasteiger partial charge in [-0.05, 0) is 37.3 Å². The first kappa shape index (κ1) is 14.4. The van der Waals surface area contributed by atoms with E-state index in [-0.39, 0.29) is 5.41 Å². The second-order valence-corrected chi connectivity index (χ2v) is 6.99. The van der Waals surface area contributed by atoms with Gasteiger partial charge in [0.15, 0.2) is 5.82 Å². The molecular formula is C19H18N6. The Hall–Kier alpha value is -2.94. The van der Waals surface area contributed by atoms with Crippen LogP contribution < -0.4 is 4.90 Å². The van der Waals surface area contributed by atoms with Crippen LogP contribution in [0.1, 0.15) is 31.2 Å². The van der Waals surface area contributed by atoms with Crippen LogP contribution in [-0.4, -0.2) is 33.1 Å². The maximum Gasteiger partial charge on any atom is 0.153 e. The molecule has 0 bridgehead atoms. The Morgan fingerprint density at radius 3 is 2.68 bits per heavy atom. The Balaban J connectivity index is 1.60. The van der Waals surface area contributed by atoms with Gasteiger partial charge < -0.3 is 4.90 Å². The normalized spacial score (nSPS) is 18.4. The Bertz CT molecular complexity index is 989. The van der Waals surface area contributed by atoms with Gasteiger partial charge in [-0.15, -0.1) is 5.10 Å². The van der Waals surface area contributed by atoms with Gasteiger partial charge in [-0.1, -0.05) is 12.1 Å². The van der Waals surface area contributed by atoms with Crippen molar-refractivity contribution in [3.63, 3.8) is 0 Å². The van der Waals surface area contributed by atoms with Crippen LogP contribution in [0.3, 0.4) is 0 Å². The zero-order valence-electron chi connectivity index (χ0n) is 13.9. The molecule has 6 heteroatoms. The van der Waals surface area contributed by atoms with Crippen molar-refractivity contribution in [2.75, 3.05) is 18.0 Å². The molecule has 1 saturated heterocycles. The molecule has 1 saturated carbocycles. The lowest BCUT2D eigenvalue weighted by atomic mass is 9.97. The van der Waals surface area contributed by atoms with Gasteiger partial charge in [-0.2, -0.15) is 15.5 Å². The monoisotopic (exact) mass is 330 g/mol. The fourth-order valence-corrected chi connectivity index (χ4v) is 3.67. The number of aromatic nitrogens is 4. The number of anilines is 1. The topological polar surface area (TPSA) is 70.6 Å². The molecule has 0 N–H and O–H groups in total. The first-order valence-corrected chi connectivity index (χ1v) is 8.77. The Kier molecular flexibility index (Phi) is 3.04. The molecular weight excluding hydrogens is 312 g/mol. The minimum Gasteiger partial charge on any atom is -0.355 e. The van der Waals surface area contributed by atoms with E-state index >= 15 is 0 Å². The second-order valence-electron chi connectivity index (χ2n) is 6.99. The highest BCUT2D eigenvalue weighted by Crippen LogP contribution is 2.48. The molecule has 0 amide bonds. The molecule has 6 nitrogen and oxygen atoms in total. The molecule has 124 valence electrons. The summed E-state index contributed by atoms with van der Waals surface area (Å²) >= 11 is 0. The number of hydrogen-bond acceptors (Lipinski definition) is 5. The molecule has 0 atom stereocenters. The van der Waals surface area contributed by atoms with Crippen molar-refractivity contribution >= 4 is 16.7 Å². The number of nitrogens with zero attached hydrogens (tertiary/aromatic N) is 6. The van der Waals surface area contributed by atoms with Crippen LogP contribution in [0.5, 0.6) is 0 Å². The quantitative estimate of drug-likeness (QED) is 0.738. The van der Waals surface area contributed by atoms with Crippen LogP contribution in [0.4, 0.5) is 5.82 Å². The van der Waals surface area contributed by atoms with E-state index in [0.717, 1.165) is 53.9 Å². The Morgan fingerprint density at radius 1 is 1.08 bits per heavy atom. The van der Waals surface area contributed by atoms with E-state index in [1.165, 1.54) is 12.8 Å². The third-order valence-electron chi connectivity index (χ3n) is 5.39. The van der Waals surface area contributed by atoms with Gasteiger partial charge >= 0.3 is 0 Å². The maximum absolute atomic E-state index is 9.48. The van der Waals surface area contributed by atoms with Crippen LogP contribution in [0.15, 0.2) is 36.7 Å². The van der Waals surface area contributed by atoms with Crippen LogP contribution in [-0.2, 0) is 5.41 Å². The summed E-state index contributed by atoms with van der Waals surface area (Å²) in [6.45, 7) is 2.07. The van der Waals surface area contributed by atoms with Gasteiger partial charge in [0, 0.05) is 24.5 Å². The number of hydrogen-bond donors (Lipinski definition) is 0. The highest BCUT2D eigenvalue weighted by Gasteiger charge is 2.45. The number of benzene rings is 1. The van der Waals surface area contributed by atoms with E-state index in [1.807, 2.05) is 10.9 Å². The second kappa shape index (κ2) is 5.28. The standard InChI is InChI=1S/C19H18N6/c20-13-19(5-6-19)15-4-3-14-11-22-25(17(14)9-15)16-10-18(23-21-12-16)24-7-1-2-8-24/h3-4,9-12H,1-2,5-8H2. The van der Waals surface area contributed by atoms with Crippen molar-refractivity contribution in [1.82, 2.24) is 20.0 Å². The van der Waals surface area contributed by atoms with Crippen LogP contribution >= 0.6 is 0 Å². The first-order valence-electron chi connectivity index (χ1n) is 8.77. The van der Waals surface area contributed by atoms with Crippen LogP contribution in [0.2, 0.25) is 0 Å². The molecule has 1 aromatic carbocycles. The van der Waals surface area contributed by atoms with Gasteiger partial charge in [0.25, 0.3) is 0 Å². The van der Waals surface area contributed by atoms with Crippen molar-refractivity contribution in [2.45, 2.75) is 31.1 Å². The highest BCUT2D eigenvalue weighted by atomic mass is 15.3. The van der Waals surface area contributed by atoms with E-state index in [2.05, 4.69) is 50.5 Å². The van der Waals surface area contributed by atoms with Gasteiger partial charge in [0.2, 0.25) is 0 Å². The fourth-order valence-electron chi connectivity index (χ4n) is 3.67. The largest absolute Gasteiger partial charge is 0.355 e. The van der Waals surface area contributed by atoms with E-state index in [1.54, 1.807) is 6.20 Å². The summed E-state index contributed by atoms with van der Waals surface area (Å²) in [4.78, 5) is 2.27. The van der Waals surface area contributed by atoms with Crippen LogP contribution in [0.25, 0.3) is 16.6 Å². The summed E-state index contributed by atoms with van der Waals surface area (Å²) in [6, 6.07) is 10.7. The van der Waals surface area contributed by atoms with Crippen molar-refractivity contribution in [3.05, 3.63) is 42.2 Å². The molecule has 0 unspecified atom stereocenters. The molecule has 25 heavy (non-hydrogen) atoms. The molecule has 5 rings (SSSR count). The smallest absolute Gasteiger partial charge is 0.153 e. The molecule has 2 aromatic heterocycles. The summed E-state index contributed by atoms with van der Waals surface area (Å²) < 4.78 is 1.90. The lowest BCUT2D eigenvalue weighted by Crippen LogP contribution is -2.19. The number of nitriles is 1. The minimum absolute atomic E-state index is 0.291. The first-order chi connectivity index (χ1) is 12.3. The molecule has 1 aliphatic heterocycles. The zero-order chi connectivity index (χ0) is 16.9. The molecule has 2 aliphatic rings. The van der Waals surface area contributed by atoms with Crippen LogP contribution in [0, 0.1) is 11.3 Å². The third kappa shape index (κ3) is 2.27. The molecule has 3 aromatic rings. The molecule has 1 aliphatic carbocycles. The average molecular weight is 330 g/mol. The van der Waals surface area contributed by atoms with Crippen molar-refractivity contribution in [2.24, 2.45) is 0 Å². The summed E-state index contributed by atoms with van der Waals surface area (Å²) in [6.07, 6.45) is 7.90. The van der Waals surface area contributed by atoms with Crippen molar-refractivity contribution < 1.29 is 0 Å². The van der Waals surface area contributed by atoms with Crippen molar-refractivity contribution in [1.29, 1.82) is 5.26 Å². The molecule has 0 spiro atoms. The maximum atomic E-state index is 9.48. The van der Waals surface area contributed by atoms with E-state index in [4.69, 9.17) is 0 Å². The van der Waals surface area contributed by atoms with Gasteiger partial charge in [-0.3, -0.25) is 0 Å². The summed E-state index contributed by atoms with van der Waals surface area (Å²) in [5.41, 5.74) is 2.72. The Morgan fingerprint density at radius 2 is 1.92 bits per heavy atom. The van der Waals surface area contributed by atoms with Gasteiger partial charge in [0.05, 0.1) is 35.1 Å². The molecule has 2 fully saturated rings. The number of rotatable bonds is 3. The average Bonchev–Trinajstić information content (AvgIpc) is 3.08. The summed E-state index contributed by atoms with van der Waals surface area (Å²) in [5, 5.41) is 23.6. The van der Waals surface area contributed by atoms with Gasteiger partial charge in [0.1, 0.15) is 0 Å².